The summed E-state index contributed by atoms with van der Waals surface area (Å²) in [7, 11) is 2.21. The van der Waals surface area contributed by atoms with Crippen molar-refractivity contribution in [2.75, 3.05) is 43.9 Å². The highest BCUT2D eigenvalue weighted by Gasteiger charge is 2.17. The lowest BCUT2D eigenvalue weighted by molar-refractivity contribution is 0.217. The maximum Gasteiger partial charge on any atom is 0.134 e. The average molecular weight is 291 g/mol. The van der Waals surface area contributed by atoms with Crippen molar-refractivity contribution in [3.05, 3.63) is 11.4 Å². The Labute approximate surface area is 128 Å². The van der Waals surface area contributed by atoms with Gasteiger partial charge >= 0.3 is 0 Å². The highest BCUT2D eigenvalue weighted by molar-refractivity contribution is 5.57. The van der Waals surface area contributed by atoms with E-state index in [2.05, 4.69) is 46.4 Å². The van der Waals surface area contributed by atoms with Crippen molar-refractivity contribution in [1.29, 1.82) is 0 Å². The minimum atomic E-state index is 0.713. The number of piperidine rings is 1. The molecule has 1 aromatic heterocycles. The first-order valence-corrected chi connectivity index (χ1v) is 8.11. The zero-order chi connectivity index (χ0) is 15.2. The van der Waals surface area contributed by atoms with Crippen LogP contribution in [-0.2, 0) is 0 Å². The Hall–Kier alpha value is -1.36. The molecule has 1 saturated heterocycles. The lowest BCUT2D eigenvalue weighted by Gasteiger charge is -2.30. The normalized spacial score (nSPS) is 19.5. The fraction of sp³-hybridized carbons (Fsp3) is 0.750. The first kappa shape index (κ1) is 16.0. The molecule has 1 atom stereocenters. The molecule has 118 valence electrons. The first-order valence-electron chi connectivity index (χ1n) is 8.11. The third-order valence-electron chi connectivity index (χ3n) is 4.08. The van der Waals surface area contributed by atoms with Gasteiger partial charge in [0, 0.05) is 25.2 Å². The average Bonchev–Trinajstić information content (AvgIpc) is 2.46. The van der Waals surface area contributed by atoms with Crippen molar-refractivity contribution in [3.8, 4) is 0 Å². The van der Waals surface area contributed by atoms with Crippen molar-refractivity contribution in [2.45, 2.75) is 40.0 Å². The molecule has 0 aromatic carbocycles. The summed E-state index contributed by atoms with van der Waals surface area (Å²) in [6.45, 7) is 10.6. The Morgan fingerprint density at radius 3 is 2.57 bits per heavy atom. The molecule has 1 aromatic rings. The molecule has 0 amide bonds. The molecule has 5 nitrogen and oxygen atoms in total. The van der Waals surface area contributed by atoms with Gasteiger partial charge in [-0.25, -0.2) is 9.97 Å². The fourth-order valence-corrected chi connectivity index (χ4v) is 2.90. The molecule has 1 fully saturated rings. The van der Waals surface area contributed by atoms with E-state index in [-0.39, 0.29) is 0 Å². The number of anilines is 2. The molecule has 1 aliphatic rings. The molecule has 0 aliphatic carbocycles. The van der Waals surface area contributed by atoms with Gasteiger partial charge in [-0.3, -0.25) is 0 Å². The summed E-state index contributed by atoms with van der Waals surface area (Å²) in [4.78, 5) is 11.5. The number of likely N-dealkylation sites (tertiary alicyclic amines) is 1. The zero-order valence-corrected chi connectivity index (χ0v) is 13.9. The summed E-state index contributed by atoms with van der Waals surface area (Å²) in [6.07, 6.45) is 3.70. The Kier molecular flexibility index (Phi) is 5.79. The van der Waals surface area contributed by atoms with Crippen LogP contribution in [0.25, 0.3) is 0 Å². The highest BCUT2D eigenvalue weighted by Crippen LogP contribution is 2.21. The molecule has 2 rings (SSSR count). The van der Waals surface area contributed by atoms with Gasteiger partial charge in [-0.05, 0) is 52.6 Å². The number of nitrogens with zero attached hydrogens (tertiary/aromatic N) is 3. The van der Waals surface area contributed by atoms with Crippen molar-refractivity contribution >= 4 is 11.6 Å². The van der Waals surface area contributed by atoms with Crippen LogP contribution in [0.1, 0.15) is 37.6 Å². The van der Waals surface area contributed by atoms with E-state index in [9.17, 15) is 0 Å². The number of aromatic nitrogens is 2. The van der Waals surface area contributed by atoms with Crippen LogP contribution in [0.15, 0.2) is 0 Å². The molecule has 0 spiro atoms. The molecule has 21 heavy (non-hydrogen) atoms. The smallest absolute Gasteiger partial charge is 0.134 e. The summed E-state index contributed by atoms with van der Waals surface area (Å²) in [6, 6.07) is 0. The minimum absolute atomic E-state index is 0.713. The molecule has 1 aliphatic heterocycles. The van der Waals surface area contributed by atoms with Gasteiger partial charge in [-0.2, -0.15) is 0 Å². The van der Waals surface area contributed by atoms with Crippen LogP contribution in [0.4, 0.5) is 11.6 Å². The summed E-state index contributed by atoms with van der Waals surface area (Å²) in [5.74, 6) is 3.48. The first-order chi connectivity index (χ1) is 10.1. The molecule has 1 unspecified atom stereocenters. The second-order valence-corrected chi connectivity index (χ2v) is 6.17. The van der Waals surface area contributed by atoms with Gasteiger partial charge in [0.25, 0.3) is 0 Å². The van der Waals surface area contributed by atoms with Crippen molar-refractivity contribution in [3.63, 3.8) is 0 Å². The molecule has 2 N–H and O–H groups in total. The van der Waals surface area contributed by atoms with Crippen LogP contribution in [0.5, 0.6) is 0 Å². The van der Waals surface area contributed by atoms with Gasteiger partial charge < -0.3 is 15.5 Å². The third kappa shape index (κ3) is 4.56. The Balaban J connectivity index is 2.00. The Bertz CT molecular complexity index is 460. The van der Waals surface area contributed by atoms with Crippen LogP contribution < -0.4 is 10.6 Å². The summed E-state index contributed by atoms with van der Waals surface area (Å²) in [5.41, 5.74) is 1.12. The van der Waals surface area contributed by atoms with E-state index in [0.29, 0.717) is 5.92 Å². The van der Waals surface area contributed by atoms with E-state index in [1.165, 1.54) is 25.9 Å². The maximum atomic E-state index is 4.57. The Morgan fingerprint density at radius 1 is 1.19 bits per heavy atom. The van der Waals surface area contributed by atoms with Crippen molar-refractivity contribution in [2.24, 2.45) is 5.92 Å². The topological polar surface area (TPSA) is 53.1 Å². The second-order valence-electron chi connectivity index (χ2n) is 6.17. The molecule has 0 bridgehead atoms. The van der Waals surface area contributed by atoms with Crippen molar-refractivity contribution < 1.29 is 0 Å². The number of aryl methyl sites for hydroxylation is 1. The lowest BCUT2D eigenvalue weighted by atomic mass is 9.98. The Morgan fingerprint density at radius 2 is 1.90 bits per heavy atom. The minimum Gasteiger partial charge on any atom is -0.370 e. The maximum absolute atomic E-state index is 4.57. The number of nitrogens with one attached hydrogen (secondary N) is 2. The largest absolute Gasteiger partial charge is 0.370 e. The van der Waals surface area contributed by atoms with Crippen molar-refractivity contribution in [1.82, 2.24) is 14.9 Å². The zero-order valence-electron chi connectivity index (χ0n) is 13.9. The monoisotopic (exact) mass is 291 g/mol. The molecular weight excluding hydrogens is 262 g/mol. The molecule has 5 heteroatoms. The van der Waals surface area contributed by atoms with Gasteiger partial charge in [0.2, 0.25) is 0 Å². The van der Waals surface area contributed by atoms with Crippen LogP contribution in [0, 0.1) is 19.8 Å². The lowest BCUT2D eigenvalue weighted by Crippen LogP contribution is -2.35. The van der Waals surface area contributed by atoms with Gasteiger partial charge in [-0.15, -0.1) is 0 Å². The summed E-state index contributed by atoms with van der Waals surface area (Å²) >= 11 is 0. The second kappa shape index (κ2) is 7.59. The predicted molar refractivity (Wildman–Crippen MR) is 89.0 cm³/mol. The molecule has 2 heterocycles. The van der Waals surface area contributed by atoms with E-state index in [0.717, 1.165) is 42.5 Å². The van der Waals surface area contributed by atoms with Gasteiger partial charge in [0.05, 0.1) is 0 Å². The summed E-state index contributed by atoms with van der Waals surface area (Å²) < 4.78 is 0. The van der Waals surface area contributed by atoms with Crippen LogP contribution in [0.3, 0.4) is 0 Å². The molecule has 0 radical (unpaired) electrons. The summed E-state index contributed by atoms with van der Waals surface area (Å²) in [5, 5.41) is 6.93. The number of rotatable bonds is 6. The molecular formula is C16H29N5. The van der Waals surface area contributed by atoms with Gasteiger partial charge in [0.1, 0.15) is 17.5 Å². The van der Waals surface area contributed by atoms with Crippen LogP contribution in [0.2, 0.25) is 0 Å². The number of hydrogen-bond donors (Lipinski definition) is 2. The number of hydrogen-bond acceptors (Lipinski definition) is 5. The SMILES string of the molecule is CCCNc1nc(C)nc(NCC2CCCN(C)C2)c1C. The van der Waals surface area contributed by atoms with E-state index in [1.54, 1.807) is 0 Å². The van der Waals surface area contributed by atoms with E-state index in [1.807, 2.05) is 6.92 Å². The standard InChI is InChI=1S/C16H29N5/c1-5-8-17-15-12(2)16(20-13(3)19-15)18-10-14-7-6-9-21(4)11-14/h14H,5-11H2,1-4H3,(H2,17,18,19,20). The van der Waals surface area contributed by atoms with Gasteiger partial charge in [-0.1, -0.05) is 6.92 Å². The van der Waals surface area contributed by atoms with Gasteiger partial charge in [0.15, 0.2) is 0 Å². The predicted octanol–water partition coefficient (Wildman–Crippen LogP) is 2.67. The van der Waals surface area contributed by atoms with E-state index >= 15 is 0 Å². The third-order valence-corrected chi connectivity index (χ3v) is 4.08. The highest BCUT2D eigenvalue weighted by atomic mass is 15.1. The fourth-order valence-electron chi connectivity index (χ4n) is 2.90. The van der Waals surface area contributed by atoms with E-state index in [4.69, 9.17) is 0 Å². The molecule has 0 saturated carbocycles. The van der Waals surface area contributed by atoms with Crippen LogP contribution in [-0.4, -0.2) is 48.1 Å². The van der Waals surface area contributed by atoms with E-state index < -0.39 is 0 Å². The quantitative estimate of drug-likeness (QED) is 0.844. The van der Waals surface area contributed by atoms with Crippen LogP contribution >= 0.6 is 0 Å².